The molecule has 0 spiro atoms. The van der Waals surface area contributed by atoms with Gasteiger partial charge in [-0.3, -0.25) is 0 Å². The van der Waals surface area contributed by atoms with E-state index in [-0.39, 0.29) is 11.4 Å². The molecule has 1 aromatic carbocycles. The van der Waals surface area contributed by atoms with Gasteiger partial charge in [-0.2, -0.15) is 0 Å². The van der Waals surface area contributed by atoms with Crippen molar-refractivity contribution in [1.29, 1.82) is 0 Å². The van der Waals surface area contributed by atoms with Crippen molar-refractivity contribution in [2.45, 2.75) is 12.3 Å². The zero-order chi connectivity index (χ0) is 12.4. The van der Waals surface area contributed by atoms with E-state index in [9.17, 15) is 0 Å². The number of halogens is 3. The number of hydrogen-bond acceptors (Lipinski definition) is 4. The maximum atomic E-state index is 5.96. The third-order valence-corrected chi connectivity index (χ3v) is 3.56. The van der Waals surface area contributed by atoms with Gasteiger partial charge in [-0.25, -0.2) is 0 Å². The van der Waals surface area contributed by atoms with Crippen molar-refractivity contribution >= 4 is 50.8 Å². The molecule has 7 heteroatoms. The van der Waals surface area contributed by atoms with Crippen LogP contribution in [-0.4, -0.2) is 10.2 Å². The fourth-order valence-electron chi connectivity index (χ4n) is 1.16. The molecule has 1 aromatic heterocycles. The summed E-state index contributed by atoms with van der Waals surface area (Å²) < 4.78 is 6.05. The minimum Gasteiger partial charge on any atom is -0.406 e. The highest BCUT2D eigenvalue weighted by Crippen LogP contribution is 2.32. The van der Waals surface area contributed by atoms with Crippen LogP contribution in [0.15, 0.2) is 27.1 Å². The molecule has 1 unspecified atom stereocenters. The molecule has 0 aliphatic rings. The number of anilines is 2. The Morgan fingerprint density at radius 2 is 2.18 bits per heavy atom. The highest BCUT2D eigenvalue weighted by molar-refractivity contribution is 9.10. The summed E-state index contributed by atoms with van der Waals surface area (Å²) in [5.74, 6) is 0.368. The van der Waals surface area contributed by atoms with E-state index < -0.39 is 0 Å². The van der Waals surface area contributed by atoms with Crippen LogP contribution in [0.1, 0.15) is 18.2 Å². The molecular weight excluding hydrogens is 329 g/mol. The van der Waals surface area contributed by atoms with Gasteiger partial charge in [0.1, 0.15) is 5.38 Å². The van der Waals surface area contributed by atoms with E-state index in [1.54, 1.807) is 13.0 Å². The maximum absolute atomic E-state index is 5.96. The standard InChI is InChI=1S/C10H8BrCl2N3O/c1-5(12)9-15-16-10(17-9)14-7-4-2-3-6(13)8(7)11/h2-5H,1H3,(H,14,16). The van der Waals surface area contributed by atoms with Gasteiger partial charge in [0.2, 0.25) is 5.89 Å². The third kappa shape index (κ3) is 2.91. The Hall–Kier alpha value is -0.780. The van der Waals surface area contributed by atoms with E-state index in [1.807, 2.05) is 12.1 Å². The van der Waals surface area contributed by atoms with Gasteiger partial charge < -0.3 is 9.73 Å². The summed E-state index contributed by atoms with van der Waals surface area (Å²) in [7, 11) is 0. The Kier molecular flexibility index (Phi) is 3.91. The van der Waals surface area contributed by atoms with E-state index in [4.69, 9.17) is 27.6 Å². The van der Waals surface area contributed by atoms with Crippen molar-refractivity contribution in [3.63, 3.8) is 0 Å². The van der Waals surface area contributed by atoms with Gasteiger partial charge in [0.05, 0.1) is 15.2 Å². The van der Waals surface area contributed by atoms with Gasteiger partial charge in [0.25, 0.3) is 0 Å². The molecule has 1 heterocycles. The van der Waals surface area contributed by atoms with Crippen molar-refractivity contribution in [1.82, 2.24) is 10.2 Å². The topological polar surface area (TPSA) is 51.0 Å². The highest BCUT2D eigenvalue weighted by Gasteiger charge is 2.12. The largest absolute Gasteiger partial charge is 0.406 e. The van der Waals surface area contributed by atoms with Crippen LogP contribution in [0.3, 0.4) is 0 Å². The summed E-state index contributed by atoms with van der Waals surface area (Å²) in [6.45, 7) is 1.76. The number of rotatable bonds is 3. The first kappa shape index (κ1) is 12.7. The molecule has 0 bridgehead atoms. The van der Waals surface area contributed by atoms with Crippen LogP contribution in [0, 0.1) is 0 Å². The predicted molar refractivity (Wildman–Crippen MR) is 71.0 cm³/mol. The highest BCUT2D eigenvalue weighted by atomic mass is 79.9. The number of hydrogen-bond donors (Lipinski definition) is 1. The summed E-state index contributed by atoms with van der Waals surface area (Å²) in [5, 5.41) is 10.9. The molecule has 0 saturated carbocycles. The van der Waals surface area contributed by atoms with E-state index >= 15 is 0 Å². The molecule has 0 aliphatic carbocycles. The summed E-state index contributed by atoms with van der Waals surface area (Å²) >= 11 is 15.1. The van der Waals surface area contributed by atoms with Crippen molar-refractivity contribution in [3.05, 3.63) is 33.6 Å². The van der Waals surface area contributed by atoms with Gasteiger partial charge in [0.15, 0.2) is 0 Å². The van der Waals surface area contributed by atoms with Crippen LogP contribution >= 0.6 is 39.1 Å². The molecule has 0 saturated heterocycles. The molecule has 2 rings (SSSR count). The van der Waals surface area contributed by atoms with E-state index in [0.29, 0.717) is 10.9 Å². The zero-order valence-corrected chi connectivity index (χ0v) is 11.8. The quantitative estimate of drug-likeness (QED) is 0.836. The number of nitrogens with zero attached hydrogens (tertiary/aromatic N) is 2. The van der Waals surface area contributed by atoms with Crippen LogP contribution in [0.4, 0.5) is 11.7 Å². The first-order valence-electron chi connectivity index (χ1n) is 4.76. The molecule has 0 radical (unpaired) electrons. The molecule has 0 fully saturated rings. The minimum absolute atomic E-state index is 0.274. The van der Waals surface area contributed by atoms with Gasteiger partial charge in [-0.05, 0) is 35.0 Å². The molecule has 4 nitrogen and oxygen atoms in total. The van der Waals surface area contributed by atoms with E-state index in [1.165, 1.54) is 0 Å². The third-order valence-electron chi connectivity index (χ3n) is 1.97. The Morgan fingerprint density at radius 1 is 1.41 bits per heavy atom. The van der Waals surface area contributed by atoms with Gasteiger partial charge in [-0.1, -0.05) is 22.8 Å². The first-order chi connectivity index (χ1) is 8.08. The fraction of sp³-hybridized carbons (Fsp3) is 0.200. The SMILES string of the molecule is CC(Cl)c1nnc(Nc2cccc(Cl)c2Br)o1. The summed E-state index contributed by atoms with van der Waals surface area (Å²) in [6.07, 6.45) is 0. The second-order valence-corrected chi connectivity index (χ2v) is 5.14. The summed E-state index contributed by atoms with van der Waals surface area (Å²) in [6, 6.07) is 5.70. The second kappa shape index (κ2) is 5.25. The van der Waals surface area contributed by atoms with Crippen molar-refractivity contribution in [3.8, 4) is 0 Å². The molecule has 17 heavy (non-hydrogen) atoms. The van der Waals surface area contributed by atoms with Crippen molar-refractivity contribution in [2.75, 3.05) is 5.32 Å². The Balaban J connectivity index is 2.22. The van der Waals surface area contributed by atoms with Crippen LogP contribution in [0.5, 0.6) is 0 Å². The molecule has 0 aliphatic heterocycles. The van der Waals surface area contributed by atoms with E-state index in [0.717, 1.165) is 10.2 Å². The van der Waals surface area contributed by atoms with Crippen LogP contribution in [0.25, 0.3) is 0 Å². The predicted octanol–water partition coefficient (Wildman–Crippen LogP) is 4.53. The maximum Gasteiger partial charge on any atom is 0.320 e. The first-order valence-corrected chi connectivity index (χ1v) is 6.37. The number of benzene rings is 1. The lowest BCUT2D eigenvalue weighted by atomic mass is 10.3. The zero-order valence-electron chi connectivity index (χ0n) is 8.75. The molecule has 1 atom stereocenters. The normalized spacial score (nSPS) is 12.5. The van der Waals surface area contributed by atoms with Crippen molar-refractivity contribution < 1.29 is 4.42 Å². The molecule has 2 aromatic rings. The Morgan fingerprint density at radius 3 is 2.82 bits per heavy atom. The molecule has 0 amide bonds. The average Bonchev–Trinajstić information content (AvgIpc) is 2.73. The monoisotopic (exact) mass is 335 g/mol. The lowest BCUT2D eigenvalue weighted by Gasteiger charge is -2.05. The smallest absolute Gasteiger partial charge is 0.320 e. The number of aromatic nitrogens is 2. The summed E-state index contributed by atoms with van der Waals surface area (Å²) in [5.41, 5.74) is 0.745. The van der Waals surface area contributed by atoms with Crippen LogP contribution < -0.4 is 5.32 Å². The fourth-order valence-corrected chi connectivity index (χ4v) is 1.79. The lowest BCUT2D eigenvalue weighted by molar-refractivity contribution is 0.510. The minimum atomic E-state index is -0.319. The lowest BCUT2D eigenvalue weighted by Crippen LogP contribution is -1.91. The molecular formula is C10H8BrCl2N3O. The molecule has 90 valence electrons. The van der Waals surface area contributed by atoms with Crippen LogP contribution in [-0.2, 0) is 0 Å². The van der Waals surface area contributed by atoms with Crippen molar-refractivity contribution in [2.24, 2.45) is 0 Å². The Labute approximate surface area is 116 Å². The molecule has 1 N–H and O–H groups in total. The number of nitrogens with one attached hydrogen (secondary N) is 1. The Bertz CT molecular complexity index is 530. The second-order valence-electron chi connectivity index (χ2n) is 3.29. The number of alkyl halides is 1. The van der Waals surface area contributed by atoms with Gasteiger partial charge in [-0.15, -0.1) is 16.7 Å². The van der Waals surface area contributed by atoms with Gasteiger partial charge >= 0.3 is 6.01 Å². The van der Waals surface area contributed by atoms with E-state index in [2.05, 4.69) is 31.4 Å². The summed E-state index contributed by atoms with van der Waals surface area (Å²) in [4.78, 5) is 0. The van der Waals surface area contributed by atoms with Crippen LogP contribution in [0.2, 0.25) is 5.02 Å². The van der Waals surface area contributed by atoms with Gasteiger partial charge in [0, 0.05) is 0 Å². The average molecular weight is 337 g/mol.